The molecule has 0 aliphatic rings. The van der Waals surface area contributed by atoms with Gasteiger partial charge in [0.05, 0.1) is 0 Å². The third-order valence-corrected chi connectivity index (χ3v) is 5.55. The number of carbonyl (C=O) groups is 2. The Hall–Kier alpha value is -2.72. The summed E-state index contributed by atoms with van der Waals surface area (Å²) in [6.45, 7) is 3.05. The normalized spacial score (nSPS) is 11.9. The molecule has 0 radical (unpaired) electrons. The summed E-state index contributed by atoms with van der Waals surface area (Å²) in [6.07, 6.45) is -0.491. The Morgan fingerprint density at radius 2 is 1.93 bits per heavy atom. The lowest BCUT2D eigenvalue weighted by molar-refractivity contribution is -0.145. The third kappa shape index (κ3) is 4.34. The van der Waals surface area contributed by atoms with E-state index < -0.39 is 17.9 Å². The highest BCUT2D eigenvalue weighted by Crippen LogP contribution is 2.31. The molecule has 0 saturated carbocycles. The number of ether oxygens (including phenoxy) is 1. The molecule has 1 amide bonds. The van der Waals surface area contributed by atoms with E-state index in [1.807, 2.05) is 0 Å². The van der Waals surface area contributed by atoms with Crippen LogP contribution >= 0.6 is 22.7 Å². The molecule has 7 nitrogen and oxygen atoms in total. The van der Waals surface area contributed by atoms with Gasteiger partial charge in [0.2, 0.25) is 0 Å². The molecular formula is C17H15FN4O3S2. The van der Waals surface area contributed by atoms with Gasteiger partial charge in [-0.15, -0.1) is 21.5 Å². The molecule has 3 rings (SSSR count). The van der Waals surface area contributed by atoms with Crippen LogP contribution in [-0.2, 0) is 9.53 Å². The smallest absolute Gasteiger partial charge is 0.303 e. The summed E-state index contributed by atoms with van der Waals surface area (Å²) < 4.78 is 18.1. The maximum atomic E-state index is 13.0. The number of halogens is 1. The number of amides is 1. The van der Waals surface area contributed by atoms with Gasteiger partial charge in [-0.2, -0.15) is 0 Å². The molecular weight excluding hydrogens is 391 g/mol. The van der Waals surface area contributed by atoms with Crippen LogP contribution in [0, 0.1) is 5.82 Å². The van der Waals surface area contributed by atoms with Crippen molar-refractivity contribution in [3.63, 3.8) is 0 Å². The number of nitrogens with zero attached hydrogens (tertiary/aromatic N) is 4. The lowest BCUT2D eigenvalue weighted by atomic mass is 10.2. The number of benzene rings is 1. The van der Waals surface area contributed by atoms with Crippen LogP contribution in [0.3, 0.4) is 0 Å². The number of rotatable bonds is 5. The standard InChI is InChI=1S/C17H15FN4O3S2/c1-9(25-10(2)23)14-20-21-15(27-14)13-8-26-17(19-13)22(3)16(24)11-4-6-12(18)7-5-11/h4-9H,1-3H3/t9-/m0/s1. The third-order valence-electron chi connectivity index (χ3n) is 3.53. The number of anilines is 1. The van der Waals surface area contributed by atoms with Crippen LogP contribution in [0.25, 0.3) is 10.7 Å². The van der Waals surface area contributed by atoms with Crippen LogP contribution < -0.4 is 4.90 Å². The Labute approximate surface area is 162 Å². The molecule has 0 N–H and O–H groups in total. The van der Waals surface area contributed by atoms with Crippen LogP contribution in [0.15, 0.2) is 29.6 Å². The highest BCUT2D eigenvalue weighted by molar-refractivity contribution is 7.16. The van der Waals surface area contributed by atoms with E-state index >= 15 is 0 Å². The predicted octanol–water partition coefficient (Wildman–Crippen LogP) is 3.70. The Kier molecular flexibility index (Phi) is 5.57. The lowest BCUT2D eigenvalue weighted by Crippen LogP contribution is -2.26. The Morgan fingerprint density at radius 3 is 2.59 bits per heavy atom. The second-order valence-electron chi connectivity index (χ2n) is 5.58. The summed E-state index contributed by atoms with van der Waals surface area (Å²) in [5, 5.41) is 11.5. The fourth-order valence-corrected chi connectivity index (χ4v) is 3.82. The van der Waals surface area contributed by atoms with Gasteiger partial charge >= 0.3 is 5.97 Å². The average molecular weight is 406 g/mol. The van der Waals surface area contributed by atoms with E-state index in [1.165, 1.54) is 58.8 Å². The van der Waals surface area contributed by atoms with Crippen molar-refractivity contribution in [3.05, 3.63) is 46.0 Å². The monoisotopic (exact) mass is 406 g/mol. The van der Waals surface area contributed by atoms with Gasteiger partial charge < -0.3 is 4.74 Å². The van der Waals surface area contributed by atoms with Crippen LogP contribution in [-0.4, -0.2) is 34.1 Å². The van der Waals surface area contributed by atoms with Crippen molar-refractivity contribution in [2.24, 2.45) is 0 Å². The van der Waals surface area contributed by atoms with E-state index in [2.05, 4.69) is 15.2 Å². The predicted molar refractivity (Wildman–Crippen MR) is 100 cm³/mol. The summed E-state index contributed by atoms with van der Waals surface area (Å²) in [4.78, 5) is 29.4. The molecule has 2 heterocycles. The van der Waals surface area contributed by atoms with Crippen molar-refractivity contribution in [2.45, 2.75) is 20.0 Å². The maximum Gasteiger partial charge on any atom is 0.303 e. The molecule has 0 bridgehead atoms. The lowest BCUT2D eigenvalue weighted by Gasteiger charge is -2.13. The number of thiazole rings is 1. The molecule has 0 saturated heterocycles. The summed E-state index contributed by atoms with van der Waals surface area (Å²) >= 11 is 2.55. The van der Waals surface area contributed by atoms with Gasteiger partial charge in [0.1, 0.15) is 11.5 Å². The fourth-order valence-electron chi connectivity index (χ4n) is 2.19. The Morgan fingerprint density at radius 1 is 1.22 bits per heavy atom. The SMILES string of the molecule is CC(=O)O[C@@H](C)c1nnc(-c2csc(N(C)C(=O)c3ccc(F)cc3)n2)s1. The van der Waals surface area contributed by atoms with Crippen LogP contribution in [0.4, 0.5) is 9.52 Å². The molecule has 27 heavy (non-hydrogen) atoms. The summed E-state index contributed by atoms with van der Waals surface area (Å²) in [5.41, 5.74) is 0.941. The largest absolute Gasteiger partial charge is 0.455 e. The van der Waals surface area contributed by atoms with Crippen molar-refractivity contribution >= 4 is 39.7 Å². The van der Waals surface area contributed by atoms with E-state index in [-0.39, 0.29) is 5.91 Å². The molecule has 10 heteroatoms. The first kappa shape index (κ1) is 19.1. The summed E-state index contributed by atoms with van der Waals surface area (Å²) in [6, 6.07) is 5.33. The topological polar surface area (TPSA) is 85.3 Å². The van der Waals surface area contributed by atoms with Crippen molar-refractivity contribution in [2.75, 3.05) is 11.9 Å². The summed E-state index contributed by atoms with van der Waals surface area (Å²) in [7, 11) is 1.60. The molecule has 0 spiro atoms. The second-order valence-corrected chi connectivity index (χ2v) is 7.43. The van der Waals surface area contributed by atoms with Crippen LogP contribution in [0.5, 0.6) is 0 Å². The molecule has 2 aromatic heterocycles. The molecule has 0 fully saturated rings. The molecule has 1 aromatic carbocycles. The van der Waals surface area contributed by atoms with Gasteiger partial charge in [0.15, 0.2) is 21.3 Å². The van der Waals surface area contributed by atoms with Gasteiger partial charge in [-0.05, 0) is 31.2 Å². The Balaban J connectivity index is 1.76. The average Bonchev–Trinajstić information content (AvgIpc) is 3.30. The zero-order valence-electron chi connectivity index (χ0n) is 14.7. The maximum absolute atomic E-state index is 13.0. The number of hydrogen-bond acceptors (Lipinski definition) is 8. The van der Waals surface area contributed by atoms with E-state index in [0.29, 0.717) is 26.4 Å². The highest BCUT2D eigenvalue weighted by Gasteiger charge is 2.20. The molecule has 0 aliphatic heterocycles. The first-order valence-corrected chi connectivity index (χ1v) is 9.55. The minimum Gasteiger partial charge on any atom is -0.455 e. The van der Waals surface area contributed by atoms with E-state index in [4.69, 9.17) is 4.74 Å². The van der Waals surface area contributed by atoms with Crippen LogP contribution in [0.2, 0.25) is 0 Å². The zero-order chi connectivity index (χ0) is 19.6. The molecule has 3 aromatic rings. The van der Waals surface area contributed by atoms with Gasteiger partial charge in [0.25, 0.3) is 5.91 Å². The van der Waals surface area contributed by atoms with Crippen molar-refractivity contribution in [1.82, 2.24) is 15.2 Å². The Bertz CT molecular complexity index is 971. The van der Waals surface area contributed by atoms with Gasteiger partial charge in [-0.1, -0.05) is 11.3 Å². The second kappa shape index (κ2) is 7.89. The zero-order valence-corrected chi connectivity index (χ0v) is 16.3. The minimum atomic E-state index is -0.491. The van der Waals surface area contributed by atoms with E-state index in [1.54, 1.807) is 19.4 Å². The van der Waals surface area contributed by atoms with Crippen molar-refractivity contribution in [1.29, 1.82) is 0 Å². The number of hydrogen-bond donors (Lipinski definition) is 0. The van der Waals surface area contributed by atoms with Crippen molar-refractivity contribution in [3.8, 4) is 10.7 Å². The fraction of sp³-hybridized carbons (Fsp3) is 0.235. The molecule has 1 atom stereocenters. The van der Waals surface area contributed by atoms with Gasteiger partial charge in [-0.25, -0.2) is 9.37 Å². The summed E-state index contributed by atoms with van der Waals surface area (Å²) in [5.74, 6) is -1.09. The number of carbonyl (C=O) groups excluding carboxylic acids is 2. The van der Waals surface area contributed by atoms with E-state index in [0.717, 1.165) is 0 Å². The van der Waals surface area contributed by atoms with Gasteiger partial charge in [0, 0.05) is 24.9 Å². The van der Waals surface area contributed by atoms with Crippen molar-refractivity contribution < 1.29 is 18.7 Å². The highest BCUT2D eigenvalue weighted by atomic mass is 32.1. The first-order valence-electron chi connectivity index (χ1n) is 7.85. The number of aromatic nitrogens is 3. The molecule has 140 valence electrons. The molecule has 0 aliphatic carbocycles. The van der Waals surface area contributed by atoms with E-state index in [9.17, 15) is 14.0 Å². The van der Waals surface area contributed by atoms with Gasteiger partial charge in [-0.3, -0.25) is 14.5 Å². The minimum absolute atomic E-state index is 0.294. The molecule has 0 unspecified atom stereocenters. The quantitative estimate of drug-likeness (QED) is 0.601. The number of esters is 1. The first-order chi connectivity index (χ1) is 12.8. The van der Waals surface area contributed by atoms with Crippen LogP contribution in [0.1, 0.15) is 35.3 Å².